The van der Waals surface area contributed by atoms with Crippen molar-refractivity contribution in [2.75, 3.05) is 32.0 Å². The molecule has 1 aliphatic rings. The van der Waals surface area contributed by atoms with Crippen molar-refractivity contribution in [3.63, 3.8) is 0 Å². The molecule has 2 rings (SSSR count). The van der Waals surface area contributed by atoms with Gasteiger partial charge in [-0.15, -0.1) is 0 Å². The van der Waals surface area contributed by atoms with E-state index in [-0.39, 0.29) is 0 Å². The predicted octanol–water partition coefficient (Wildman–Crippen LogP) is 2.69. The predicted molar refractivity (Wildman–Crippen MR) is 75.9 cm³/mol. The summed E-state index contributed by atoms with van der Waals surface area (Å²) < 4.78 is 5.81. The van der Waals surface area contributed by atoms with Gasteiger partial charge in [0.1, 0.15) is 5.75 Å². The van der Waals surface area contributed by atoms with Crippen LogP contribution in [0.15, 0.2) is 18.2 Å². The molecule has 2 N–H and O–H groups in total. The first-order valence-electron chi connectivity index (χ1n) is 6.86. The zero-order valence-corrected chi connectivity index (χ0v) is 11.5. The van der Waals surface area contributed by atoms with Crippen LogP contribution in [0.3, 0.4) is 0 Å². The molecule has 0 saturated carbocycles. The summed E-state index contributed by atoms with van der Waals surface area (Å²) in [6.07, 6.45) is 2.69. The molecule has 1 atom stereocenters. The van der Waals surface area contributed by atoms with E-state index < -0.39 is 0 Å². The average molecular weight is 248 g/mol. The van der Waals surface area contributed by atoms with Gasteiger partial charge in [-0.05, 0) is 50.6 Å². The van der Waals surface area contributed by atoms with Crippen LogP contribution in [0, 0.1) is 12.8 Å². The molecular weight excluding hydrogens is 224 g/mol. The van der Waals surface area contributed by atoms with Gasteiger partial charge in [0, 0.05) is 12.5 Å². The molecule has 1 aromatic rings. The number of benzene rings is 1. The van der Waals surface area contributed by atoms with Crippen molar-refractivity contribution < 1.29 is 4.74 Å². The maximum Gasteiger partial charge on any atom is 0.142 e. The van der Waals surface area contributed by atoms with E-state index in [0.29, 0.717) is 5.92 Å². The number of anilines is 1. The van der Waals surface area contributed by atoms with Gasteiger partial charge in [-0.3, -0.25) is 0 Å². The van der Waals surface area contributed by atoms with Gasteiger partial charge in [0.25, 0.3) is 0 Å². The summed E-state index contributed by atoms with van der Waals surface area (Å²) in [6, 6.07) is 5.96. The first kappa shape index (κ1) is 13.2. The molecule has 1 heterocycles. The van der Waals surface area contributed by atoms with E-state index in [1.165, 1.54) is 31.5 Å². The highest BCUT2D eigenvalue weighted by atomic mass is 16.5. The second kappa shape index (κ2) is 6.10. The van der Waals surface area contributed by atoms with E-state index in [9.17, 15) is 0 Å². The Kier molecular flexibility index (Phi) is 4.48. The fraction of sp³-hybridized carbons (Fsp3) is 0.600. The van der Waals surface area contributed by atoms with Crippen LogP contribution < -0.4 is 10.5 Å². The zero-order valence-electron chi connectivity index (χ0n) is 11.5. The Morgan fingerprint density at radius 3 is 2.72 bits per heavy atom. The topological polar surface area (TPSA) is 38.5 Å². The lowest BCUT2D eigenvalue weighted by molar-refractivity contribution is 0.207. The van der Waals surface area contributed by atoms with Crippen LogP contribution in [0.1, 0.15) is 25.3 Å². The summed E-state index contributed by atoms with van der Waals surface area (Å²) in [4.78, 5) is 2.52. The third-order valence-corrected chi connectivity index (χ3v) is 3.46. The Labute approximate surface area is 110 Å². The fourth-order valence-electron chi connectivity index (χ4n) is 2.49. The average Bonchev–Trinajstić information content (AvgIpc) is 2.80. The number of ether oxygens (including phenoxy) is 1. The summed E-state index contributed by atoms with van der Waals surface area (Å²) in [5.41, 5.74) is 7.85. The van der Waals surface area contributed by atoms with Crippen LogP contribution >= 0.6 is 0 Å². The van der Waals surface area contributed by atoms with Crippen molar-refractivity contribution in [2.45, 2.75) is 26.7 Å². The molecule has 0 radical (unpaired) electrons. The number of rotatable bonds is 5. The highest BCUT2D eigenvalue weighted by molar-refractivity contribution is 5.53. The fourth-order valence-corrected chi connectivity index (χ4v) is 2.49. The molecule has 1 aliphatic heterocycles. The minimum Gasteiger partial charge on any atom is -0.491 e. The number of hydrogen-bond acceptors (Lipinski definition) is 3. The number of aryl methyl sites for hydroxylation is 1. The molecule has 1 unspecified atom stereocenters. The smallest absolute Gasteiger partial charge is 0.142 e. The molecule has 3 heteroatoms. The van der Waals surface area contributed by atoms with Gasteiger partial charge in [-0.1, -0.05) is 13.0 Å². The second-order valence-electron chi connectivity index (χ2n) is 5.47. The van der Waals surface area contributed by atoms with Crippen molar-refractivity contribution in [3.8, 4) is 5.75 Å². The molecule has 0 bridgehead atoms. The highest BCUT2D eigenvalue weighted by Gasteiger charge is 2.15. The van der Waals surface area contributed by atoms with Gasteiger partial charge in [-0.2, -0.15) is 0 Å². The number of likely N-dealkylation sites (tertiary alicyclic amines) is 1. The van der Waals surface area contributed by atoms with Gasteiger partial charge in [0.15, 0.2) is 0 Å². The van der Waals surface area contributed by atoms with Crippen molar-refractivity contribution in [1.82, 2.24) is 4.90 Å². The van der Waals surface area contributed by atoms with Gasteiger partial charge in [0.05, 0.1) is 12.3 Å². The highest BCUT2D eigenvalue weighted by Crippen LogP contribution is 2.22. The normalized spacial score (nSPS) is 17.9. The Bertz CT molecular complexity index is 386. The van der Waals surface area contributed by atoms with Crippen LogP contribution in [0.4, 0.5) is 5.69 Å². The number of nitrogen functional groups attached to an aromatic ring is 1. The minimum atomic E-state index is 0.545. The molecule has 100 valence electrons. The minimum absolute atomic E-state index is 0.545. The number of hydrogen-bond donors (Lipinski definition) is 1. The molecule has 0 amide bonds. The summed E-state index contributed by atoms with van der Waals surface area (Å²) in [7, 11) is 0. The molecule has 0 spiro atoms. The van der Waals surface area contributed by atoms with Crippen molar-refractivity contribution in [1.29, 1.82) is 0 Å². The Morgan fingerprint density at radius 2 is 2.06 bits per heavy atom. The molecule has 1 saturated heterocycles. The van der Waals surface area contributed by atoms with E-state index in [1.807, 2.05) is 25.1 Å². The molecule has 18 heavy (non-hydrogen) atoms. The van der Waals surface area contributed by atoms with Gasteiger partial charge in [-0.25, -0.2) is 0 Å². The third kappa shape index (κ3) is 3.64. The Balaban J connectivity index is 1.79. The van der Waals surface area contributed by atoms with Crippen molar-refractivity contribution >= 4 is 5.69 Å². The Morgan fingerprint density at radius 1 is 1.33 bits per heavy atom. The molecule has 3 nitrogen and oxygen atoms in total. The molecule has 0 aromatic heterocycles. The Hall–Kier alpha value is -1.22. The SMILES string of the molecule is Cc1ccc(OCC(C)CN2CCCC2)c(N)c1. The standard InChI is InChI=1S/C15H24N2O/c1-12-5-6-15(14(16)9-12)18-11-13(2)10-17-7-3-4-8-17/h5-6,9,13H,3-4,7-8,10-11,16H2,1-2H3. The first-order valence-corrected chi connectivity index (χ1v) is 6.86. The van der Waals surface area contributed by atoms with Crippen LogP contribution in [0.2, 0.25) is 0 Å². The molecule has 1 aromatic carbocycles. The van der Waals surface area contributed by atoms with Gasteiger partial charge < -0.3 is 15.4 Å². The number of nitrogens with two attached hydrogens (primary N) is 1. The van der Waals surface area contributed by atoms with E-state index in [0.717, 1.165) is 24.6 Å². The van der Waals surface area contributed by atoms with Crippen LogP contribution in [0.5, 0.6) is 5.75 Å². The molecule has 0 aliphatic carbocycles. The zero-order chi connectivity index (χ0) is 13.0. The monoisotopic (exact) mass is 248 g/mol. The van der Waals surface area contributed by atoms with Gasteiger partial charge >= 0.3 is 0 Å². The lowest BCUT2D eigenvalue weighted by Gasteiger charge is -2.20. The largest absolute Gasteiger partial charge is 0.491 e. The van der Waals surface area contributed by atoms with Gasteiger partial charge in [0.2, 0.25) is 0 Å². The number of nitrogens with zero attached hydrogens (tertiary/aromatic N) is 1. The lowest BCUT2D eigenvalue weighted by atomic mass is 10.2. The van der Waals surface area contributed by atoms with Crippen molar-refractivity contribution in [3.05, 3.63) is 23.8 Å². The van der Waals surface area contributed by atoms with E-state index in [4.69, 9.17) is 10.5 Å². The summed E-state index contributed by atoms with van der Waals surface area (Å²) in [5, 5.41) is 0. The van der Waals surface area contributed by atoms with E-state index >= 15 is 0 Å². The quantitative estimate of drug-likeness (QED) is 0.814. The van der Waals surface area contributed by atoms with E-state index in [1.54, 1.807) is 0 Å². The molecule has 1 fully saturated rings. The van der Waals surface area contributed by atoms with Crippen LogP contribution in [-0.2, 0) is 0 Å². The van der Waals surface area contributed by atoms with E-state index in [2.05, 4.69) is 11.8 Å². The maximum absolute atomic E-state index is 5.94. The lowest BCUT2D eigenvalue weighted by Crippen LogP contribution is -2.28. The summed E-state index contributed by atoms with van der Waals surface area (Å²) in [5.74, 6) is 1.36. The second-order valence-corrected chi connectivity index (χ2v) is 5.47. The summed E-state index contributed by atoms with van der Waals surface area (Å²) >= 11 is 0. The van der Waals surface area contributed by atoms with Crippen LogP contribution in [-0.4, -0.2) is 31.1 Å². The third-order valence-electron chi connectivity index (χ3n) is 3.46. The molecular formula is C15H24N2O. The first-order chi connectivity index (χ1) is 8.65. The summed E-state index contributed by atoms with van der Waals surface area (Å²) in [6.45, 7) is 8.64. The van der Waals surface area contributed by atoms with Crippen LogP contribution in [0.25, 0.3) is 0 Å². The maximum atomic E-state index is 5.94. The van der Waals surface area contributed by atoms with Crippen molar-refractivity contribution in [2.24, 2.45) is 5.92 Å².